The van der Waals surface area contributed by atoms with Crippen molar-refractivity contribution >= 4 is 17.8 Å². The van der Waals surface area contributed by atoms with Crippen LogP contribution in [-0.4, -0.2) is 42.4 Å². The van der Waals surface area contributed by atoms with E-state index in [1.807, 2.05) is 6.92 Å². The molecule has 0 bridgehead atoms. The highest BCUT2D eigenvalue weighted by Crippen LogP contribution is 2.37. The molecule has 0 aliphatic heterocycles. The van der Waals surface area contributed by atoms with E-state index in [9.17, 15) is 14.4 Å². The number of ether oxygens (including phenoxy) is 2. The smallest absolute Gasteiger partial charge is 0.410 e. The summed E-state index contributed by atoms with van der Waals surface area (Å²) < 4.78 is 10.3. The molecule has 2 aliphatic rings. The number of ketones is 1. The van der Waals surface area contributed by atoms with E-state index in [2.05, 4.69) is 20.8 Å². The first-order valence-electron chi connectivity index (χ1n) is 9.60. The summed E-state index contributed by atoms with van der Waals surface area (Å²) in [6.07, 6.45) is 2.09. The number of hydrogen-bond donors (Lipinski definition) is 0. The number of esters is 1. The predicted molar refractivity (Wildman–Crippen MR) is 102 cm³/mol. The Hall–Kier alpha value is -2.11. The molecule has 0 saturated carbocycles. The highest BCUT2D eigenvalue weighted by Gasteiger charge is 2.37. The normalized spacial score (nSPS) is 23.1. The van der Waals surface area contributed by atoms with Crippen LogP contribution in [0.5, 0.6) is 0 Å². The van der Waals surface area contributed by atoms with Gasteiger partial charge in [-0.3, -0.25) is 14.5 Å². The van der Waals surface area contributed by atoms with Gasteiger partial charge in [0.25, 0.3) is 0 Å². The molecule has 0 unspecified atom stereocenters. The summed E-state index contributed by atoms with van der Waals surface area (Å²) in [6.45, 7) is 9.96. The summed E-state index contributed by atoms with van der Waals surface area (Å²) in [6, 6.07) is -0.127. The Balaban J connectivity index is 2.38. The second-order valence-corrected chi connectivity index (χ2v) is 7.94. The molecule has 0 spiro atoms. The van der Waals surface area contributed by atoms with Crippen LogP contribution in [-0.2, 0) is 19.1 Å². The summed E-state index contributed by atoms with van der Waals surface area (Å²) in [5.74, 6) is 0.822. The van der Waals surface area contributed by atoms with Crippen molar-refractivity contribution in [2.45, 2.75) is 66.3 Å². The standard InChI is InChI=1S/C21H31NO5/c1-12(2)16-9-13(3)14(4)18(10-16)22(21(25)26-6)11-17-19(24)7-8-20(17)27-15(5)23/h12,16,18H,7-11H2,1-6H3/t16-,18-/m1/s1. The minimum atomic E-state index is -0.467. The molecule has 27 heavy (non-hydrogen) atoms. The van der Waals surface area contributed by atoms with Crippen LogP contribution < -0.4 is 0 Å². The number of methoxy groups -OCH3 is 1. The molecule has 0 saturated heterocycles. The lowest BCUT2D eigenvalue weighted by Crippen LogP contribution is -2.46. The van der Waals surface area contributed by atoms with Crippen molar-refractivity contribution in [3.8, 4) is 0 Å². The molecule has 0 N–H and O–H groups in total. The number of rotatable bonds is 5. The van der Waals surface area contributed by atoms with Gasteiger partial charge in [-0.1, -0.05) is 25.0 Å². The van der Waals surface area contributed by atoms with Gasteiger partial charge in [0.15, 0.2) is 5.78 Å². The molecule has 2 rings (SSSR count). The van der Waals surface area contributed by atoms with Gasteiger partial charge in [0.1, 0.15) is 5.76 Å². The van der Waals surface area contributed by atoms with Crippen LogP contribution in [0.3, 0.4) is 0 Å². The van der Waals surface area contributed by atoms with Crippen LogP contribution in [0.2, 0.25) is 0 Å². The molecule has 0 heterocycles. The molecule has 0 aromatic carbocycles. The number of carbonyl (C=O) groups excluding carboxylic acids is 3. The average Bonchev–Trinajstić information content (AvgIpc) is 2.93. The second kappa shape index (κ2) is 8.72. The fourth-order valence-electron chi connectivity index (χ4n) is 3.99. The van der Waals surface area contributed by atoms with Gasteiger partial charge in [0, 0.05) is 19.8 Å². The summed E-state index contributed by atoms with van der Waals surface area (Å²) in [5.41, 5.74) is 2.84. The topological polar surface area (TPSA) is 72.9 Å². The highest BCUT2D eigenvalue weighted by atomic mass is 16.5. The molecular formula is C21H31NO5. The first-order chi connectivity index (χ1) is 12.6. The van der Waals surface area contributed by atoms with Gasteiger partial charge in [0.2, 0.25) is 0 Å². The zero-order valence-corrected chi connectivity index (χ0v) is 17.3. The fraction of sp³-hybridized carbons (Fsp3) is 0.667. The van der Waals surface area contributed by atoms with Crippen LogP contribution in [0.25, 0.3) is 0 Å². The average molecular weight is 377 g/mol. The van der Waals surface area contributed by atoms with Gasteiger partial charge in [-0.05, 0) is 38.5 Å². The quantitative estimate of drug-likeness (QED) is 0.535. The lowest BCUT2D eigenvalue weighted by atomic mass is 9.76. The maximum absolute atomic E-state index is 12.6. The lowest BCUT2D eigenvalue weighted by Gasteiger charge is -2.39. The van der Waals surface area contributed by atoms with Gasteiger partial charge in [-0.2, -0.15) is 0 Å². The Morgan fingerprint density at radius 1 is 1.22 bits per heavy atom. The number of allylic oxidation sites excluding steroid dienone is 2. The molecule has 0 fully saturated rings. The molecule has 6 heteroatoms. The van der Waals surface area contributed by atoms with E-state index >= 15 is 0 Å². The zero-order chi connectivity index (χ0) is 20.3. The van der Waals surface area contributed by atoms with Crippen molar-refractivity contribution in [3.63, 3.8) is 0 Å². The number of nitrogens with zero attached hydrogens (tertiary/aromatic N) is 1. The van der Waals surface area contributed by atoms with Gasteiger partial charge in [-0.25, -0.2) is 4.79 Å². The van der Waals surface area contributed by atoms with E-state index in [0.29, 0.717) is 36.0 Å². The maximum atomic E-state index is 12.6. The molecule has 0 aromatic heterocycles. The van der Waals surface area contributed by atoms with E-state index in [1.165, 1.54) is 19.6 Å². The Bertz CT molecular complexity index is 689. The highest BCUT2D eigenvalue weighted by molar-refractivity contribution is 5.99. The van der Waals surface area contributed by atoms with E-state index in [4.69, 9.17) is 9.47 Å². The first-order valence-corrected chi connectivity index (χ1v) is 9.60. The summed E-state index contributed by atoms with van der Waals surface area (Å²) in [7, 11) is 1.35. The van der Waals surface area contributed by atoms with Crippen molar-refractivity contribution in [1.29, 1.82) is 0 Å². The molecule has 150 valence electrons. The summed E-state index contributed by atoms with van der Waals surface area (Å²) in [4.78, 5) is 38.0. The lowest BCUT2D eigenvalue weighted by molar-refractivity contribution is -0.137. The first kappa shape index (κ1) is 21.2. The molecule has 2 aliphatic carbocycles. The van der Waals surface area contributed by atoms with Crippen LogP contribution >= 0.6 is 0 Å². The van der Waals surface area contributed by atoms with Gasteiger partial charge in [-0.15, -0.1) is 0 Å². The van der Waals surface area contributed by atoms with E-state index in [0.717, 1.165) is 18.4 Å². The van der Waals surface area contributed by atoms with Crippen LogP contribution in [0.15, 0.2) is 22.5 Å². The van der Waals surface area contributed by atoms with Crippen LogP contribution in [0.4, 0.5) is 4.79 Å². The third-order valence-corrected chi connectivity index (χ3v) is 5.84. The number of amides is 1. The van der Waals surface area contributed by atoms with Crippen molar-refractivity contribution in [3.05, 3.63) is 22.5 Å². The predicted octanol–water partition coefficient (Wildman–Crippen LogP) is 4.01. The van der Waals surface area contributed by atoms with Crippen LogP contribution in [0, 0.1) is 11.8 Å². The molecular weight excluding hydrogens is 346 g/mol. The van der Waals surface area contributed by atoms with Gasteiger partial charge in [0.05, 0.1) is 25.3 Å². The number of carbonyl (C=O) groups is 3. The fourth-order valence-corrected chi connectivity index (χ4v) is 3.99. The van der Waals surface area contributed by atoms with E-state index < -0.39 is 12.1 Å². The Morgan fingerprint density at radius 3 is 2.44 bits per heavy atom. The Morgan fingerprint density at radius 2 is 1.89 bits per heavy atom. The van der Waals surface area contributed by atoms with Crippen molar-refractivity contribution in [1.82, 2.24) is 4.90 Å². The molecule has 0 aromatic rings. The maximum Gasteiger partial charge on any atom is 0.410 e. The third kappa shape index (κ3) is 4.79. The monoisotopic (exact) mass is 377 g/mol. The number of Topliss-reactive ketones (excluding diaryl/α,β-unsaturated/α-hetero) is 1. The Kier molecular flexibility index (Phi) is 6.84. The van der Waals surface area contributed by atoms with Crippen LogP contribution in [0.1, 0.15) is 60.3 Å². The zero-order valence-electron chi connectivity index (χ0n) is 17.3. The Labute approximate surface area is 161 Å². The largest absolute Gasteiger partial charge is 0.453 e. The molecule has 6 nitrogen and oxygen atoms in total. The number of hydrogen-bond acceptors (Lipinski definition) is 5. The van der Waals surface area contributed by atoms with Gasteiger partial charge < -0.3 is 9.47 Å². The van der Waals surface area contributed by atoms with Crippen molar-refractivity contribution in [2.75, 3.05) is 13.7 Å². The SMILES string of the molecule is COC(=O)N(CC1=C(OC(C)=O)CCC1=O)[C@@H]1C[C@H](C(C)C)CC(C)=C1C. The molecule has 1 amide bonds. The van der Waals surface area contributed by atoms with Gasteiger partial charge >= 0.3 is 12.1 Å². The van der Waals surface area contributed by atoms with Crippen molar-refractivity contribution in [2.24, 2.45) is 11.8 Å². The third-order valence-electron chi connectivity index (χ3n) is 5.84. The second-order valence-electron chi connectivity index (χ2n) is 7.94. The molecule has 2 atom stereocenters. The molecule has 0 radical (unpaired) electrons. The minimum absolute atomic E-state index is 0.0743. The van der Waals surface area contributed by atoms with E-state index in [1.54, 1.807) is 4.90 Å². The summed E-state index contributed by atoms with van der Waals surface area (Å²) in [5, 5.41) is 0. The van der Waals surface area contributed by atoms with E-state index in [-0.39, 0.29) is 18.4 Å². The minimum Gasteiger partial charge on any atom is -0.453 e. The van der Waals surface area contributed by atoms with Crippen molar-refractivity contribution < 1.29 is 23.9 Å². The summed E-state index contributed by atoms with van der Waals surface area (Å²) >= 11 is 0.